The lowest BCUT2D eigenvalue weighted by atomic mass is 10.1. The number of benzene rings is 2. The molecule has 0 unspecified atom stereocenters. The largest absolute Gasteiger partial charge is 0.483 e. The van der Waals surface area contributed by atoms with Gasteiger partial charge in [0.2, 0.25) is 6.79 Å². The molecule has 0 fully saturated rings. The number of carbonyl (C=O) groups is 1. The van der Waals surface area contributed by atoms with Gasteiger partial charge in [-0.15, -0.1) is 0 Å². The molecule has 1 amide bonds. The Morgan fingerprint density at radius 2 is 1.93 bits per heavy atom. The summed E-state index contributed by atoms with van der Waals surface area (Å²) < 4.78 is 16.8. The van der Waals surface area contributed by atoms with Crippen molar-refractivity contribution < 1.29 is 23.9 Å². The number of fused-ring (bicyclic) bond motifs is 1. The maximum Gasteiger partial charge on any atom is 0.282 e. The molecule has 1 aliphatic rings. The van der Waals surface area contributed by atoms with Gasteiger partial charge in [0, 0.05) is 4.47 Å². The van der Waals surface area contributed by atoms with Crippen molar-refractivity contribution >= 4 is 33.7 Å². The minimum absolute atomic E-state index is 0.00392. The summed E-state index contributed by atoms with van der Waals surface area (Å²) in [5.74, 6) is 0.791. The smallest absolute Gasteiger partial charge is 0.282 e. The molecule has 0 radical (unpaired) electrons. The van der Waals surface area contributed by atoms with Crippen LogP contribution in [0.5, 0.6) is 17.2 Å². The molecule has 0 atom stereocenters. The number of halogens is 1. The highest BCUT2D eigenvalue weighted by Crippen LogP contribution is 2.37. The van der Waals surface area contributed by atoms with Crippen LogP contribution in [-0.2, 0) is 4.79 Å². The molecule has 146 valence electrons. The van der Waals surface area contributed by atoms with Crippen LogP contribution < -0.4 is 19.6 Å². The molecule has 9 nitrogen and oxygen atoms in total. The van der Waals surface area contributed by atoms with Gasteiger partial charge in [-0.1, -0.05) is 15.9 Å². The highest BCUT2D eigenvalue weighted by atomic mass is 79.9. The fourth-order valence-electron chi connectivity index (χ4n) is 2.68. The van der Waals surface area contributed by atoms with Crippen LogP contribution in [0.2, 0.25) is 0 Å². The van der Waals surface area contributed by atoms with Crippen molar-refractivity contribution in [2.75, 3.05) is 13.4 Å². The van der Waals surface area contributed by atoms with Gasteiger partial charge in [-0.3, -0.25) is 14.9 Å². The molecule has 0 bridgehead atoms. The lowest BCUT2D eigenvalue weighted by Crippen LogP contribution is -2.25. The van der Waals surface area contributed by atoms with E-state index in [1.807, 2.05) is 26.0 Å². The summed E-state index contributed by atoms with van der Waals surface area (Å²) in [7, 11) is 0. The number of hydrazone groups is 1. The van der Waals surface area contributed by atoms with E-state index in [9.17, 15) is 14.9 Å². The Kier molecular flexibility index (Phi) is 5.78. The van der Waals surface area contributed by atoms with Crippen molar-refractivity contribution in [1.29, 1.82) is 0 Å². The molecule has 0 saturated heterocycles. The Balaban J connectivity index is 1.64. The van der Waals surface area contributed by atoms with Crippen molar-refractivity contribution in [2.24, 2.45) is 5.10 Å². The van der Waals surface area contributed by atoms with Gasteiger partial charge < -0.3 is 14.2 Å². The fourth-order valence-corrected chi connectivity index (χ4v) is 3.36. The molecule has 1 aliphatic heterocycles. The third kappa shape index (κ3) is 4.39. The van der Waals surface area contributed by atoms with Gasteiger partial charge in [0.15, 0.2) is 18.1 Å². The van der Waals surface area contributed by atoms with Crippen LogP contribution in [0.15, 0.2) is 33.8 Å². The Bertz CT molecular complexity index is 953. The predicted octanol–water partition coefficient (Wildman–Crippen LogP) is 3.23. The molecular formula is C18H16BrN3O6. The third-order valence-corrected chi connectivity index (χ3v) is 4.34. The van der Waals surface area contributed by atoms with E-state index < -0.39 is 10.8 Å². The highest BCUT2D eigenvalue weighted by Gasteiger charge is 2.22. The van der Waals surface area contributed by atoms with E-state index in [0.29, 0.717) is 17.2 Å². The number of rotatable bonds is 6. The van der Waals surface area contributed by atoms with Gasteiger partial charge in [-0.2, -0.15) is 5.10 Å². The van der Waals surface area contributed by atoms with Crippen LogP contribution in [0.25, 0.3) is 0 Å². The summed E-state index contributed by atoms with van der Waals surface area (Å²) in [6.07, 6.45) is 1.17. The van der Waals surface area contributed by atoms with E-state index in [1.54, 1.807) is 0 Å². The first-order valence-electron chi connectivity index (χ1n) is 8.14. The van der Waals surface area contributed by atoms with Crippen LogP contribution in [-0.4, -0.2) is 30.4 Å². The molecule has 1 N–H and O–H groups in total. The molecule has 2 aromatic rings. The summed E-state index contributed by atoms with van der Waals surface area (Å²) >= 11 is 3.40. The number of ether oxygens (including phenoxy) is 3. The monoisotopic (exact) mass is 449 g/mol. The second kappa shape index (κ2) is 8.26. The average molecular weight is 450 g/mol. The topological polar surface area (TPSA) is 112 Å². The molecule has 3 rings (SSSR count). The average Bonchev–Trinajstić information content (AvgIpc) is 3.07. The van der Waals surface area contributed by atoms with Crippen LogP contribution in [0.3, 0.4) is 0 Å². The Morgan fingerprint density at radius 3 is 2.57 bits per heavy atom. The Labute approximate surface area is 168 Å². The zero-order valence-corrected chi connectivity index (χ0v) is 16.6. The van der Waals surface area contributed by atoms with E-state index >= 15 is 0 Å². The van der Waals surface area contributed by atoms with Gasteiger partial charge in [0.05, 0.1) is 22.8 Å². The van der Waals surface area contributed by atoms with Crippen LogP contribution >= 0.6 is 15.9 Å². The SMILES string of the molecule is Cc1cc(Br)cc(C)c1OCC(=O)N/N=C\c1cc2c(cc1[N+](=O)[O-])OCO2. The normalized spacial score (nSPS) is 12.2. The number of aryl methyl sites for hydroxylation is 2. The van der Waals surface area contributed by atoms with Crippen LogP contribution in [0.4, 0.5) is 5.69 Å². The molecule has 28 heavy (non-hydrogen) atoms. The summed E-state index contributed by atoms with van der Waals surface area (Å²) in [5.41, 5.74) is 4.03. The first kappa shape index (κ1) is 19.6. The zero-order chi connectivity index (χ0) is 20.3. The minimum atomic E-state index is -0.562. The summed E-state index contributed by atoms with van der Waals surface area (Å²) in [6.45, 7) is 3.50. The van der Waals surface area contributed by atoms with Gasteiger partial charge in [-0.05, 0) is 43.2 Å². The van der Waals surface area contributed by atoms with Crippen molar-refractivity contribution in [3.63, 3.8) is 0 Å². The van der Waals surface area contributed by atoms with E-state index in [1.165, 1.54) is 18.3 Å². The van der Waals surface area contributed by atoms with Gasteiger partial charge in [-0.25, -0.2) is 5.43 Å². The number of amides is 1. The third-order valence-electron chi connectivity index (χ3n) is 3.88. The second-order valence-corrected chi connectivity index (χ2v) is 6.89. The van der Waals surface area contributed by atoms with E-state index in [2.05, 4.69) is 26.5 Å². The zero-order valence-electron chi connectivity index (χ0n) is 15.0. The molecule has 0 aliphatic carbocycles. The first-order chi connectivity index (χ1) is 13.3. The van der Waals surface area contributed by atoms with E-state index in [4.69, 9.17) is 14.2 Å². The number of nitrogens with zero attached hydrogens (tertiary/aromatic N) is 2. The number of hydrogen-bond donors (Lipinski definition) is 1. The number of carbonyl (C=O) groups excluding carboxylic acids is 1. The number of nitro benzene ring substituents is 1. The second-order valence-electron chi connectivity index (χ2n) is 5.97. The van der Waals surface area contributed by atoms with Gasteiger partial charge in [0.25, 0.3) is 11.6 Å². The number of hydrogen-bond acceptors (Lipinski definition) is 7. The molecular weight excluding hydrogens is 434 g/mol. The van der Waals surface area contributed by atoms with Gasteiger partial charge in [0.1, 0.15) is 5.75 Å². The lowest BCUT2D eigenvalue weighted by molar-refractivity contribution is -0.385. The standard InChI is InChI=1S/C18H16BrN3O6/c1-10-3-13(19)4-11(2)18(10)26-8-17(23)21-20-7-12-5-15-16(28-9-27-15)6-14(12)22(24)25/h3-7H,8-9H2,1-2H3,(H,21,23)/b20-7-. The van der Waals surface area contributed by atoms with Gasteiger partial charge >= 0.3 is 0 Å². The van der Waals surface area contributed by atoms with Crippen molar-refractivity contribution in [2.45, 2.75) is 13.8 Å². The van der Waals surface area contributed by atoms with Crippen molar-refractivity contribution in [3.05, 3.63) is 55.5 Å². The molecule has 0 saturated carbocycles. The summed E-state index contributed by atoms with van der Waals surface area (Å²) in [6, 6.07) is 6.46. The highest BCUT2D eigenvalue weighted by molar-refractivity contribution is 9.10. The lowest BCUT2D eigenvalue weighted by Gasteiger charge is -2.11. The molecule has 0 spiro atoms. The summed E-state index contributed by atoms with van der Waals surface area (Å²) in [5, 5.41) is 15.0. The fraction of sp³-hybridized carbons (Fsp3) is 0.222. The first-order valence-corrected chi connectivity index (χ1v) is 8.94. The predicted molar refractivity (Wildman–Crippen MR) is 104 cm³/mol. The Hall–Kier alpha value is -3.14. The van der Waals surface area contributed by atoms with Crippen molar-refractivity contribution in [3.8, 4) is 17.2 Å². The molecule has 10 heteroatoms. The molecule has 0 aromatic heterocycles. The molecule has 2 aromatic carbocycles. The quantitative estimate of drug-likeness (QED) is 0.411. The Morgan fingerprint density at radius 1 is 1.29 bits per heavy atom. The van der Waals surface area contributed by atoms with E-state index in [0.717, 1.165) is 15.6 Å². The van der Waals surface area contributed by atoms with Crippen LogP contribution in [0, 0.1) is 24.0 Å². The molecule has 1 heterocycles. The maximum absolute atomic E-state index is 12.0. The minimum Gasteiger partial charge on any atom is -0.483 e. The summed E-state index contributed by atoms with van der Waals surface area (Å²) in [4.78, 5) is 22.6. The van der Waals surface area contributed by atoms with Crippen molar-refractivity contribution in [1.82, 2.24) is 5.43 Å². The van der Waals surface area contributed by atoms with E-state index in [-0.39, 0.29) is 24.7 Å². The maximum atomic E-state index is 12.0. The van der Waals surface area contributed by atoms with Crippen LogP contribution in [0.1, 0.15) is 16.7 Å². The number of nitrogens with one attached hydrogen (secondary N) is 1. The number of nitro groups is 1.